The van der Waals surface area contributed by atoms with E-state index < -0.39 is 23.7 Å². The zero-order valence-electron chi connectivity index (χ0n) is 12.6. The maximum Gasteiger partial charge on any atom is 0.253 e. The van der Waals surface area contributed by atoms with E-state index in [0.717, 1.165) is 6.07 Å². The fraction of sp³-hybridized carbons (Fsp3) is 0.333. The Morgan fingerprint density at radius 1 is 1.43 bits per heavy atom. The van der Waals surface area contributed by atoms with Crippen LogP contribution in [0.25, 0.3) is 0 Å². The molecular formula is C15H17FN3O4. The lowest BCUT2D eigenvalue weighted by molar-refractivity contribution is -0.125. The van der Waals surface area contributed by atoms with Gasteiger partial charge in [-0.2, -0.15) is 0 Å². The Labute approximate surface area is 132 Å². The molecule has 1 aliphatic heterocycles. The molecule has 1 aromatic rings. The van der Waals surface area contributed by atoms with Gasteiger partial charge in [-0.25, -0.2) is 4.39 Å². The van der Waals surface area contributed by atoms with Crippen LogP contribution in [0.1, 0.15) is 6.92 Å². The number of hydrogen-bond donors (Lipinski definition) is 2. The number of nitrogens with one attached hydrogen (secondary N) is 2. The standard InChI is InChI=1S/C15H17FN3O4/c1-9(17-10(2)20)15(22)18-13-4-3-11(7-12(13)16)19-5-6-23-8-14(19)21/h3-4,7,9H,1,5-6,8H2,2H3,(H,17,20)(H,18,22)/t9-/m1/s1. The average molecular weight is 322 g/mol. The number of benzene rings is 1. The fourth-order valence-electron chi connectivity index (χ4n) is 2.10. The Bertz CT molecular complexity index is 635. The number of carbonyl (C=O) groups excluding carboxylic acids is 3. The highest BCUT2D eigenvalue weighted by Gasteiger charge is 2.22. The lowest BCUT2D eigenvalue weighted by Crippen LogP contribution is -2.42. The summed E-state index contributed by atoms with van der Waals surface area (Å²) in [5, 5.41) is 4.64. The van der Waals surface area contributed by atoms with Crippen LogP contribution in [0.15, 0.2) is 18.2 Å². The van der Waals surface area contributed by atoms with E-state index in [1.807, 2.05) is 0 Å². The summed E-state index contributed by atoms with van der Waals surface area (Å²) in [6, 6.07) is 3.01. The second kappa shape index (κ2) is 7.19. The number of rotatable bonds is 4. The number of carbonyl (C=O) groups is 3. The maximum absolute atomic E-state index is 14.1. The summed E-state index contributed by atoms with van der Waals surface area (Å²) in [4.78, 5) is 35.8. The molecule has 0 bridgehead atoms. The maximum atomic E-state index is 14.1. The third-order valence-electron chi connectivity index (χ3n) is 3.20. The Morgan fingerprint density at radius 3 is 2.78 bits per heavy atom. The molecule has 123 valence electrons. The number of nitrogens with zero attached hydrogens (tertiary/aromatic N) is 1. The van der Waals surface area contributed by atoms with Gasteiger partial charge in [0.25, 0.3) is 5.91 Å². The normalized spacial score (nSPS) is 16.0. The van der Waals surface area contributed by atoms with Gasteiger partial charge in [0.05, 0.1) is 12.3 Å². The first kappa shape index (κ1) is 16.9. The molecule has 2 N–H and O–H groups in total. The van der Waals surface area contributed by atoms with Crippen molar-refractivity contribution in [1.29, 1.82) is 0 Å². The summed E-state index contributed by atoms with van der Waals surface area (Å²) in [6.07, 6.45) is 0. The molecule has 7 nitrogen and oxygen atoms in total. The first-order chi connectivity index (χ1) is 10.9. The monoisotopic (exact) mass is 322 g/mol. The molecule has 0 saturated carbocycles. The van der Waals surface area contributed by atoms with Crippen LogP contribution in [0.3, 0.4) is 0 Å². The van der Waals surface area contributed by atoms with Gasteiger partial charge in [-0.15, -0.1) is 0 Å². The van der Waals surface area contributed by atoms with Crippen LogP contribution in [-0.2, 0) is 19.1 Å². The van der Waals surface area contributed by atoms with Crippen LogP contribution in [0, 0.1) is 12.7 Å². The lowest BCUT2D eigenvalue weighted by Gasteiger charge is -2.27. The van der Waals surface area contributed by atoms with Gasteiger partial charge in [-0.3, -0.25) is 14.4 Å². The Morgan fingerprint density at radius 2 is 2.17 bits per heavy atom. The molecule has 0 spiro atoms. The van der Waals surface area contributed by atoms with Crippen LogP contribution in [0.5, 0.6) is 0 Å². The number of amides is 3. The topological polar surface area (TPSA) is 87.7 Å². The Kier molecular flexibility index (Phi) is 5.28. The zero-order valence-corrected chi connectivity index (χ0v) is 12.6. The van der Waals surface area contributed by atoms with Crippen molar-refractivity contribution < 1.29 is 23.5 Å². The third kappa shape index (κ3) is 4.26. The molecule has 2 rings (SSSR count). The second-order valence-electron chi connectivity index (χ2n) is 5.00. The van der Waals surface area contributed by atoms with Crippen molar-refractivity contribution in [2.24, 2.45) is 0 Å². The van der Waals surface area contributed by atoms with E-state index in [1.165, 1.54) is 24.0 Å². The van der Waals surface area contributed by atoms with Crippen molar-refractivity contribution in [1.82, 2.24) is 5.32 Å². The molecule has 8 heteroatoms. The largest absolute Gasteiger partial charge is 0.370 e. The van der Waals surface area contributed by atoms with Gasteiger partial charge >= 0.3 is 0 Å². The summed E-state index contributed by atoms with van der Waals surface area (Å²) in [5.41, 5.74) is 0.334. The zero-order chi connectivity index (χ0) is 17.0. The van der Waals surface area contributed by atoms with Gasteiger partial charge in [-0.05, 0) is 25.1 Å². The van der Waals surface area contributed by atoms with Crippen molar-refractivity contribution in [3.8, 4) is 0 Å². The van der Waals surface area contributed by atoms with E-state index in [9.17, 15) is 18.8 Å². The van der Waals surface area contributed by atoms with E-state index in [1.54, 1.807) is 0 Å². The van der Waals surface area contributed by atoms with Crippen molar-refractivity contribution in [3.63, 3.8) is 0 Å². The molecule has 1 atom stereocenters. The van der Waals surface area contributed by atoms with Crippen LogP contribution in [0.4, 0.5) is 15.8 Å². The lowest BCUT2D eigenvalue weighted by atomic mass is 10.2. The fourth-order valence-corrected chi connectivity index (χ4v) is 2.10. The number of hydrogen-bond acceptors (Lipinski definition) is 4. The minimum absolute atomic E-state index is 0.0417. The van der Waals surface area contributed by atoms with E-state index in [0.29, 0.717) is 18.8 Å². The van der Waals surface area contributed by atoms with Gasteiger partial charge in [0, 0.05) is 19.2 Å². The Balaban J connectivity index is 2.08. The highest BCUT2D eigenvalue weighted by molar-refractivity contribution is 5.98. The van der Waals surface area contributed by atoms with E-state index in [4.69, 9.17) is 4.74 Å². The van der Waals surface area contributed by atoms with Crippen LogP contribution in [-0.4, -0.2) is 43.5 Å². The summed E-state index contributed by atoms with van der Waals surface area (Å²) in [7, 11) is 0. The highest BCUT2D eigenvalue weighted by Crippen LogP contribution is 2.23. The molecule has 23 heavy (non-hydrogen) atoms. The molecule has 1 fully saturated rings. The van der Waals surface area contributed by atoms with Gasteiger partial charge in [0.15, 0.2) is 0 Å². The smallest absolute Gasteiger partial charge is 0.253 e. The number of anilines is 2. The van der Waals surface area contributed by atoms with E-state index in [-0.39, 0.29) is 18.2 Å². The van der Waals surface area contributed by atoms with Gasteiger partial charge in [-0.1, -0.05) is 0 Å². The SMILES string of the molecule is [CH2][C@@H](NC(C)=O)C(=O)Nc1ccc(N2CCOCC2=O)cc1F. The molecule has 1 saturated heterocycles. The molecule has 0 aliphatic carbocycles. The number of ether oxygens (including phenoxy) is 1. The summed E-state index contributed by atoms with van der Waals surface area (Å²) in [5.74, 6) is -2.00. The minimum Gasteiger partial charge on any atom is -0.370 e. The quantitative estimate of drug-likeness (QED) is 0.843. The first-order valence-corrected chi connectivity index (χ1v) is 6.97. The Hall–Kier alpha value is -2.48. The number of morpholine rings is 1. The van der Waals surface area contributed by atoms with Crippen molar-refractivity contribution in [3.05, 3.63) is 30.9 Å². The minimum atomic E-state index is -1.03. The molecule has 1 heterocycles. The highest BCUT2D eigenvalue weighted by atomic mass is 19.1. The van der Waals surface area contributed by atoms with Crippen LogP contribution >= 0.6 is 0 Å². The number of halogens is 1. The van der Waals surface area contributed by atoms with Crippen LogP contribution in [0.2, 0.25) is 0 Å². The van der Waals surface area contributed by atoms with Gasteiger partial charge in [0.2, 0.25) is 11.8 Å². The van der Waals surface area contributed by atoms with E-state index >= 15 is 0 Å². The van der Waals surface area contributed by atoms with E-state index in [2.05, 4.69) is 17.6 Å². The van der Waals surface area contributed by atoms with Crippen molar-refractivity contribution >= 4 is 29.1 Å². The molecule has 0 aromatic heterocycles. The molecule has 0 unspecified atom stereocenters. The second-order valence-corrected chi connectivity index (χ2v) is 5.00. The van der Waals surface area contributed by atoms with Gasteiger partial charge in [0.1, 0.15) is 18.5 Å². The average Bonchev–Trinajstić information content (AvgIpc) is 2.49. The molecule has 1 aliphatic rings. The van der Waals surface area contributed by atoms with Crippen molar-refractivity contribution in [2.45, 2.75) is 13.0 Å². The first-order valence-electron chi connectivity index (χ1n) is 6.97. The predicted octanol–water partition coefficient (Wildman–Crippen LogP) is 0.466. The van der Waals surface area contributed by atoms with Crippen LogP contribution < -0.4 is 15.5 Å². The molecule has 1 aromatic carbocycles. The summed E-state index contributed by atoms with van der Waals surface area (Å²) in [6.45, 7) is 5.40. The summed E-state index contributed by atoms with van der Waals surface area (Å²) < 4.78 is 19.1. The third-order valence-corrected chi connectivity index (χ3v) is 3.20. The molecular weight excluding hydrogens is 305 g/mol. The van der Waals surface area contributed by atoms with Gasteiger partial charge < -0.3 is 20.3 Å². The predicted molar refractivity (Wildman–Crippen MR) is 81.2 cm³/mol. The van der Waals surface area contributed by atoms with Crippen molar-refractivity contribution in [2.75, 3.05) is 30.0 Å². The molecule has 3 amide bonds. The molecule has 1 radical (unpaired) electrons. The summed E-state index contributed by atoms with van der Waals surface area (Å²) >= 11 is 0.